The summed E-state index contributed by atoms with van der Waals surface area (Å²) in [4.78, 5) is 0. The molecule has 0 N–H and O–H groups in total. The fraction of sp³-hybridized carbons (Fsp3) is 0.667. The third-order valence-corrected chi connectivity index (χ3v) is 7.31. The maximum absolute atomic E-state index is 6.66. The first kappa shape index (κ1) is 30.1. The van der Waals surface area contributed by atoms with Gasteiger partial charge in [-0.05, 0) is 18.9 Å². The van der Waals surface area contributed by atoms with E-state index in [0.29, 0.717) is 26.4 Å². The van der Waals surface area contributed by atoms with Gasteiger partial charge in [0, 0.05) is 12.8 Å². The Hall–Kier alpha value is -1.82. The summed E-state index contributed by atoms with van der Waals surface area (Å²) in [6.07, 6.45) is 11.2. The molecule has 1 saturated carbocycles. The highest BCUT2D eigenvalue weighted by atomic mass is 16.8. The summed E-state index contributed by atoms with van der Waals surface area (Å²) in [7, 11) is 0. The van der Waals surface area contributed by atoms with E-state index in [1.165, 1.54) is 6.42 Å². The fourth-order valence-electron chi connectivity index (χ4n) is 5.54. The summed E-state index contributed by atoms with van der Waals surface area (Å²) >= 11 is 0. The molecule has 0 amide bonds. The molecule has 4 rings (SSSR count). The van der Waals surface area contributed by atoms with Crippen molar-refractivity contribution in [1.29, 1.82) is 0 Å². The molecule has 0 unspecified atom stereocenters. The van der Waals surface area contributed by atoms with Crippen LogP contribution < -0.4 is 0 Å². The molecule has 0 aromatic rings. The molecular formula is C30H44O9. The molecule has 0 bridgehead atoms. The molecule has 0 radical (unpaired) electrons. The predicted octanol–water partition coefficient (Wildman–Crippen LogP) is 4.00. The van der Waals surface area contributed by atoms with Gasteiger partial charge in [0.15, 0.2) is 18.2 Å². The topological polar surface area (TPSA) is 83.1 Å². The van der Waals surface area contributed by atoms with E-state index in [2.05, 4.69) is 26.3 Å². The van der Waals surface area contributed by atoms with E-state index in [0.717, 1.165) is 25.7 Å². The zero-order valence-electron chi connectivity index (χ0n) is 22.9. The molecule has 9 nitrogen and oxygen atoms in total. The molecule has 39 heavy (non-hydrogen) atoms. The van der Waals surface area contributed by atoms with Gasteiger partial charge in [-0.15, -0.1) is 26.3 Å². The van der Waals surface area contributed by atoms with Gasteiger partial charge < -0.3 is 42.6 Å². The summed E-state index contributed by atoms with van der Waals surface area (Å²) in [5, 5.41) is 0. The molecule has 3 fully saturated rings. The van der Waals surface area contributed by atoms with E-state index in [4.69, 9.17) is 42.6 Å². The minimum Gasteiger partial charge on any atom is -0.493 e. The highest BCUT2D eigenvalue weighted by Gasteiger charge is 2.52. The number of rotatable bonds is 15. The number of ether oxygens (including phenoxy) is 9. The van der Waals surface area contributed by atoms with Crippen LogP contribution in [0.25, 0.3) is 0 Å². The number of fused-ring (bicyclic) bond motifs is 1. The van der Waals surface area contributed by atoms with Crippen LogP contribution in [0.2, 0.25) is 0 Å². The molecule has 2 saturated heterocycles. The average Bonchev–Trinajstić information content (AvgIpc) is 2.96. The second-order valence-electron chi connectivity index (χ2n) is 10.1. The molecule has 3 aliphatic heterocycles. The van der Waals surface area contributed by atoms with Crippen molar-refractivity contribution < 1.29 is 42.6 Å². The Morgan fingerprint density at radius 3 is 2.18 bits per heavy atom. The van der Waals surface area contributed by atoms with Crippen molar-refractivity contribution in [2.45, 2.75) is 86.9 Å². The molecule has 8 atom stereocenters. The molecule has 9 heteroatoms. The Morgan fingerprint density at radius 1 is 0.821 bits per heavy atom. The van der Waals surface area contributed by atoms with Gasteiger partial charge in [-0.3, -0.25) is 0 Å². The van der Waals surface area contributed by atoms with Gasteiger partial charge in [0.2, 0.25) is 0 Å². The zero-order valence-corrected chi connectivity index (χ0v) is 22.9. The Kier molecular flexibility index (Phi) is 11.8. The van der Waals surface area contributed by atoms with E-state index in [1.807, 2.05) is 6.08 Å². The van der Waals surface area contributed by atoms with Crippen molar-refractivity contribution in [1.82, 2.24) is 0 Å². The normalized spacial score (nSPS) is 35.5. The Morgan fingerprint density at radius 2 is 1.49 bits per heavy atom. The molecule has 0 aromatic heterocycles. The van der Waals surface area contributed by atoms with Gasteiger partial charge in [0.25, 0.3) is 0 Å². The van der Waals surface area contributed by atoms with E-state index in [9.17, 15) is 0 Å². The monoisotopic (exact) mass is 548 g/mol. The van der Waals surface area contributed by atoms with Gasteiger partial charge >= 0.3 is 0 Å². The van der Waals surface area contributed by atoms with Gasteiger partial charge in [-0.2, -0.15) is 0 Å². The molecule has 3 heterocycles. The van der Waals surface area contributed by atoms with Crippen LogP contribution in [0.15, 0.2) is 63.0 Å². The Bertz CT molecular complexity index is 823. The zero-order chi connectivity index (χ0) is 27.5. The third kappa shape index (κ3) is 7.68. The highest BCUT2D eigenvalue weighted by Crippen LogP contribution is 2.40. The van der Waals surface area contributed by atoms with Crippen LogP contribution in [0.5, 0.6) is 0 Å². The van der Waals surface area contributed by atoms with E-state index in [1.54, 1.807) is 30.6 Å². The molecule has 1 aliphatic carbocycles. The van der Waals surface area contributed by atoms with Crippen molar-refractivity contribution >= 4 is 0 Å². The molecular weight excluding hydrogens is 504 g/mol. The SMILES string of the molecule is C=CCOC[C@H]1O[C@@H](O[C@@H]2C=CO[C@@H]3COC4(CCCCC4)O[C@@H]23)[C@H](OCC=C)[C@@H](OCC=C)[C@@H]1OCC=C. The van der Waals surface area contributed by atoms with Gasteiger partial charge in [0.1, 0.15) is 36.6 Å². The summed E-state index contributed by atoms with van der Waals surface area (Å²) in [6.45, 7) is 17.1. The van der Waals surface area contributed by atoms with Crippen LogP contribution in [-0.2, 0) is 42.6 Å². The molecule has 0 aromatic carbocycles. The van der Waals surface area contributed by atoms with Crippen molar-refractivity contribution in [3.05, 3.63) is 63.0 Å². The van der Waals surface area contributed by atoms with Crippen molar-refractivity contribution in [2.24, 2.45) is 0 Å². The highest BCUT2D eigenvalue weighted by molar-refractivity contribution is 5.03. The van der Waals surface area contributed by atoms with Crippen molar-refractivity contribution in [3.8, 4) is 0 Å². The molecule has 218 valence electrons. The smallest absolute Gasteiger partial charge is 0.187 e. The van der Waals surface area contributed by atoms with Crippen LogP contribution >= 0.6 is 0 Å². The Labute approximate surface area is 232 Å². The number of hydrogen-bond acceptors (Lipinski definition) is 9. The first-order valence-corrected chi connectivity index (χ1v) is 14.0. The maximum atomic E-state index is 6.66. The van der Waals surface area contributed by atoms with Crippen molar-refractivity contribution in [3.63, 3.8) is 0 Å². The van der Waals surface area contributed by atoms with Gasteiger partial charge in [-0.25, -0.2) is 0 Å². The lowest BCUT2D eigenvalue weighted by Crippen LogP contribution is -2.64. The summed E-state index contributed by atoms with van der Waals surface area (Å²) in [5.41, 5.74) is 0. The van der Waals surface area contributed by atoms with Gasteiger partial charge in [0.05, 0.1) is 45.9 Å². The maximum Gasteiger partial charge on any atom is 0.187 e. The largest absolute Gasteiger partial charge is 0.493 e. The number of hydrogen-bond donors (Lipinski definition) is 0. The summed E-state index contributed by atoms with van der Waals surface area (Å²) in [5.74, 6) is -0.595. The molecule has 1 spiro atoms. The van der Waals surface area contributed by atoms with Crippen LogP contribution in [-0.4, -0.2) is 94.4 Å². The van der Waals surface area contributed by atoms with E-state index in [-0.39, 0.29) is 25.4 Å². The Balaban J connectivity index is 1.58. The van der Waals surface area contributed by atoms with Gasteiger partial charge in [-0.1, -0.05) is 30.7 Å². The second-order valence-corrected chi connectivity index (χ2v) is 10.1. The van der Waals surface area contributed by atoms with E-state index >= 15 is 0 Å². The minimum atomic E-state index is -0.817. The lowest BCUT2D eigenvalue weighted by atomic mass is 9.91. The predicted molar refractivity (Wildman–Crippen MR) is 145 cm³/mol. The van der Waals surface area contributed by atoms with Crippen LogP contribution in [0, 0.1) is 0 Å². The standard InChI is InChI=1S/C30H44O9/c1-5-15-31-20-24-26(33-16-6-2)27(34-17-7-3)28(35-18-8-4)29(38-24)37-22-12-19-32-23-21-36-30(39-25(22)23)13-10-9-11-14-30/h5-8,12,19,22-29H,1-4,9-11,13-18,20-21H2/t22-,23-,24-,25+,26-,27+,28-,29-/m1/s1. The van der Waals surface area contributed by atoms with Crippen LogP contribution in [0.1, 0.15) is 32.1 Å². The second kappa shape index (κ2) is 15.3. The van der Waals surface area contributed by atoms with Crippen molar-refractivity contribution in [2.75, 3.05) is 39.6 Å². The molecule has 4 aliphatic rings. The van der Waals surface area contributed by atoms with E-state index < -0.39 is 42.6 Å². The lowest BCUT2D eigenvalue weighted by molar-refractivity contribution is -0.369. The van der Waals surface area contributed by atoms with Crippen LogP contribution in [0.4, 0.5) is 0 Å². The quantitative estimate of drug-likeness (QED) is 0.223. The van der Waals surface area contributed by atoms with Crippen LogP contribution in [0.3, 0.4) is 0 Å². The summed E-state index contributed by atoms with van der Waals surface area (Å²) < 4.78 is 56.2. The third-order valence-electron chi connectivity index (χ3n) is 7.31. The minimum absolute atomic E-state index is 0.249. The average molecular weight is 549 g/mol. The lowest BCUT2D eigenvalue weighted by Gasteiger charge is -2.50. The first-order chi connectivity index (χ1) is 19.1. The fourth-order valence-corrected chi connectivity index (χ4v) is 5.54. The summed E-state index contributed by atoms with van der Waals surface area (Å²) in [6, 6.07) is 0. The first-order valence-electron chi connectivity index (χ1n) is 14.0.